The minimum absolute atomic E-state index is 0.0702. The topological polar surface area (TPSA) is 104 Å². The van der Waals surface area contributed by atoms with Crippen LogP contribution in [-0.4, -0.2) is 26.1 Å². The number of H-pyrrole nitrogens is 2. The van der Waals surface area contributed by atoms with Crippen molar-refractivity contribution in [2.45, 2.75) is 26.3 Å². The smallest absolute Gasteiger partial charge is 0.272 e. The third-order valence-corrected chi connectivity index (χ3v) is 4.79. The van der Waals surface area contributed by atoms with Crippen LogP contribution in [0.15, 0.2) is 53.3 Å². The molecule has 4 aromatic rings. The number of amides is 1. The highest BCUT2D eigenvalue weighted by Gasteiger charge is 2.22. The number of hydrogen-bond donors (Lipinski definition) is 3. The van der Waals surface area contributed by atoms with Gasteiger partial charge < -0.3 is 10.3 Å². The van der Waals surface area contributed by atoms with Gasteiger partial charge in [0.05, 0.1) is 34.6 Å². The zero-order valence-electron chi connectivity index (χ0n) is 15.7. The Bertz CT molecular complexity index is 1180. The molecule has 1 atom stereocenters. The van der Waals surface area contributed by atoms with E-state index in [1.807, 2.05) is 44.2 Å². The van der Waals surface area contributed by atoms with Crippen LogP contribution in [0.25, 0.3) is 21.8 Å². The summed E-state index contributed by atoms with van der Waals surface area (Å²) in [5.74, 6) is 0.692. The molecule has 0 saturated heterocycles. The molecular formula is C21H21N5O2. The van der Waals surface area contributed by atoms with E-state index in [0.717, 1.165) is 16.9 Å². The van der Waals surface area contributed by atoms with Crippen LogP contribution in [-0.2, 0) is 11.2 Å². The predicted octanol–water partition coefficient (Wildman–Crippen LogP) is 2.86. The summed E-state index contributed by atoms with van der Waals surface area (Å²) < 4.78 is 0. The van der Waals surface area contributed by atoms with Crippen LogP contribution in [0.1, 0.15) is 31.4 Å². The highest BCUT2D eigenvalue weighted by atomic mass is 16.1. The van der Waals surface area contributed by atoms with Crippen LogP contribution in [0.3, 0.4) is 0 Å². The molecule has 0 aliphatic carbocycles. The summed E-state index contributed by atoms with van der Waals surface area (Å²) in [4.78, 5) is 32.6. The van der Waals surface area contributed by atoms with E-state index >= 15 is 0 Å². The summed E-state index contributed by atoms with van der Waals surface area (Å²) in [5.41, 5.74) is 2.08. The fraction of sp³-hybridized carbons (Fsp3) is 0.238. The van der Waals surface area contributed by atoms with Gasteiger partial charge in [-0.05, 0) is 24.1 Å². The molecule has 0 radical (unpaired) electrons. The molecule has 28 heavy (non-hydrogen) atoms. The maximum absolute atomic E-state index is 12.8. The largest absolute Gasteiger partial charge is 0.346 e. The maximum atomic E-state index is 12.8. The third-order valence-electron chi connectivity index (χ3n) is 4.79. The van der Waals surface area contributed by atoms with Gasteiger partial charge >= 0.3 is 0 Å². The van der Waals surface area contributed by atoms with Gasteiger partial charge in [0.15, 0.2) is 0 Å². The lowest BCUT2D eigenvalue weighted by atomic mass is 10.0. The first kappa shape index (κ1) is 17.9. The number of carbonyl (C=O) groups excluding carboxylic acids is 1. The summed E-state index contributed by atoms with van der Waals surface area (Å²) in [7, 11) is 0. The second-order valence-electron chi connectivity index (χ2n) is 7.15. The molecule has 0 aliphatic heterocycles. The Balaban J connectivity index is 1.59. The molecule has 0 spiro atoms. The van der Waals surface area contributed by atoms with Gasteiger partial charge in [0, 0.05) is 5.39 Å². The zero-order valence-corrected chi connectivity index (χ0v) is 15.7. The SMILES string of the molecule is CC(C)[C@@H](NC(=O)Cc1n[nH]c(=O)c2ccccc12)c1nc2ccccc2[nH]1. The monoisotopic (exact) mass is 375 g/mol. The van der Waals surface area contributed by atoms with Crippen LogP contribution in [0.2, 0.25) is 0 Å². The van der Waals surface area contributed by atoms with Crippen molar-refractivity contribution >= 4 is 27.7 Å². The molecule has 3 N–H and O–H groups in total. The lowest BCUT2D eigenvalue weighted by Gasteiger charge is -2.20. The average molecular weight is 375 g/mol. The predicted molar refractivity (Wildman–Crippen MR) is 108 cm³/mol. The lowest BCUT2D eigenvalue weighted by molar-refractivity contribution is -0.121. The van der Waals surface area contributed by atoms with E-state index in [9.17, 15) is 9.59 Å². The Morgan fingerprint density at radius 1 is 1.07 bits per heavy atom. The Hall–Kier alpha value is -3.48. The van der Waals surface area contributed by atoms with Gasteiger partial charge in [-0.15, -0.1) is 0 Å². The first-order chi connectivity index (χ1) is 13.5. The van der Waals surface area contributed by atoms with Crippen molar-refractivity contribution in [3.8, 4) is 0 Å². The van der Waals surface area contributed by atoms with Gasteiger partial charge in [-0.2, -0.15) is 5.10 Å². The average Bonchev–Trinajstić information content (AvgIpc) is 3.12. The molecule has 4 rings (SSSR count). The Labute approximate surface area is 161 Å². The minimum atomic E-state index is -0.262. The number of nitrogens with zero attached hydrogens (tertiary/aromatic N) is 2. The molecule has 142 valence electrons. The summed E-state index contributed by atoms with van der Waals surface area (Å²) in [6, 6.07) is 14.7. The van der Waals surface area contributed by atoms with Crippen molar-refractivity contribution < 1.29 is 4.79 Å². The number of fused-ring (bicyclic) bond motifs is 2. The van der Waals surface area contributed by atoms with Gasteiger partial charge in [0.25, 0.3) is 5.56 Å². The molecule has 7 heteroatoms. The fourth-order valence-electron chi connectivity index (χ4n) is 3.35. The summed E-state index contributed by atoms with van der Waals surface area (Å²) in [6.45, 7) is 4.07. The molecule has 0 aliphatic rings. The molecule has 0 bridgehead atoms. The van der Waals surface area contributed by atoms with Crippen LogP contribution >= 0.6 is 0 Å². The van der Waals surface area contributed by atoms with Crippen LogP contribution in [0, 0.1) is 5.92 Å². The highest BCUT2D eigenvalue weighted by molar-refractivity contribution is 5.88. The number of nitrogens with one attached hydrogen (secondary N) is 3. The number of rotatable bonds is 5. The lowest BCUT2D eigenvalue weighted by Crippen LogP contribution is -2.34. The molecule has 0 fully saturated rings. The van der Waals surface area contributed by atoms with E-state index in [0.29, 0.717) is 16.5 Å². The molecular weight excluding hydrogens is 354 g/mol. The molecule has 2 heterocycles. The van der Waals surface area contributed by atoms with Gasteiger partial charge in [-0.1, -0.05) is 44.2 Å². The van der Waals surface area contributed by atoms with Gasteiger partial charge in [-0.25, -0.2) is 10.1 Å². The highest BCUT2D eigenvalue weighted by Crippen LogP contribution is 2.22. The van der Waals surface area contributed by atoms with E-state index in [2.05, 4.69) is 25.5 Å². The molecule has 7 nitrogen and oxygen atoms in total. The number of carbonyl (C=O) groups is 1. The van der Waals surface area contributed by atoms with Gasteiger partial charge in [0.2, 0.25) is 5.91 Å². The van der Waals surface area contributed by atoms with Crippen LogP contribution < -0.4 is 10.9 Å². The first-order valence-electron chi connectivity index (χ1n) is 9.23. The molecule has 1 amide bonds. The maximum Gasteiger partial charge on any atom is 0.272 e. The zero-order chi connectivity index (χ0) is 19.7. The summed E-state index contributed by atoms with van der Waals surface area (Å²) >= 11 is 0. The molecule has 0 saturated carbocycles. The molecule has 2 aromatic carbocycles. The Morgan fingerprint density at radius 3 is 2.54 bits per heavy atom. The van der Waals surface area contributed by atoms with E-state index in [4.69, 9.17) is 0 Å². The van der Waals surface area contributed by atoms with E-state index < -0.39 is 0 Å². The van der Waals surface area contributed by atoms with E-state index in [1.54, 1.807) is 18.2 Å². The van der Waals surface area contributed by atoms with Gasteiger partial charge in [-0.3, -0.25) is 9.59 Å². The molecule has 0 unspecified atom stereocenters. The number of para-hydroxylation sites is 2. The second-order valence-corrected chi connectivity index (χ2v) is 7.15. The second kappa shape index (κ2) is 7.26. The number of hydrogen-bond acceptors (Lipinski definition) is 4. The molecule has 2 aromatic heterocycles. The standard InChI is InChI=1S/C21H21N5O2/c1-12(2)19(20-22-15-9-5-6-10-16(15)23-20)24-18(27)11-17-13-7-3-4-8-14(13)21(28)26-25-17/h3-10,12,19H,11H2,1-2H3,(H,22,23)(H,24,27)(H,26,28)/t19-/m1/s1. The van der Waals surface area contributed by atoms with Crippen molar-refractivity contribution in [1.82, 2.24) is 25.5 Å². The van der Waals surface area contributed by atoms with Crippen molar-refractivity contribution in [3.63, 3.8) is 0 Å². The van der Waals surface area contributed by atoms with Crippen LogP contribution in [0.5, 0.6) is 0 Å². The Morgan fingerprint density at radius 2 is 1.79 bits per heavy atom. The number of aromatic nitrogens is 4. The van der Waals surface area contributed by atoms with E-state index in [1.165, 1.54) is 0 Å². The summed E-state index contributed by atoms with van der Waals surface area (Å²) in [5, 5.41) is 10.8. The number of aromatic amines is 2. The normalized spacial score (nSPS) is 12.5. The number of benzene rings is 2. The van der Waals surface area contributed by atoms with Crippen LogP contribution in [0.4, 0.5) is 0 Å². The fourth-order valence-corrected chi connectivity index (χ4v) is 3.35. The minimum Gasteiger partial charge on any atom is -0.346 e. The van der Waals surface area contributed by atoms with Crippen molar-refractivity contribution in [2.24, 2.45) is 5.92 Å². The summed E-state index contributed by atoms with van der Waals surface area (Å²) in [6.07, 6.45) is 0.0702. The van der Waals surface area contributed by atoms with Crippen molar-refractivity contribution in [3.05, 3.63) is 70.4 Å². The third kappa shape index (κ3) is 3.38. The quantitative estimate of drug-likeness (QED) is 0.499. The van der Waals surface area contributed by atoms with Crippen molar-refractivity contribution in [1.29, 1.82) is 0 Å². The first-order valence-corrected chi connectivity index (χ1v) is 9.23. The Kier molecular flexibility index (Phi) is 4.65. The van der Waals surface area contributed by atoms with Gasteiger partial charge in [0.1, 0.15) is 5.82 Å². The number of imidazole rings is 1. The van der Waals surface area contributed by atoms with Crippen molar-refractivity contribution in [2.75, 3.05) is 0 Å². The van der Waals surface area contributed by atoms with E-state index in [-0.39, 0.29) is 29.8 Å².